The number of aliphatic imine (C=N–C) groups is 1. The molecule has 1 aromatic carbocycles. The zero-order valence-corrected chi connectivity index (χ0v) is 16.6. The largest absolute Gasteiger partial charge is 0.493 e. The quantitative estimate of drug-likeness (QED) is 0.486. The van der Waals surface area contributed by atoms with Gasteiger partial charge < -0.3 is 24.8 Å². The van der Waals surface area contributed by atoms with Crippen molar-refractivity contribution in [3.63, 3.8) is 0 Å². The fraction of sp³-hybridized carbons (Fsp3) is 0.667. The second-order valence-electron chi connectivity index (χ2n) is 7.42. The summed E-state index contributed by atoms with van der Waals surface area (Å²) in [6.07, 6.45) is 3.80. The normalized spacial score (nSPS) is 21.1. The second kappa shape index (κ2) is 10.5. The molecule has 2 aliphatic rings. The Bertz CT molecular complexity index is 598. The van der Waals surface area contributed by atoms with Crippen LogP contribution in [-0.4, -0.2) is 51.1 Å². The minimum absolute atomic E-state index is 0.171. The van der Waals surface area contributed by atoms with Gasteiger partial charge in [-0.15, -0.1) is 0 Å². The Morgan fingerprint density at radius 2 is 2.15 bits per heavy atom. The third-order valence-electron chi connectivity index (χ3n) is 4.75. The molecule has 2 unspecified atom stereocenters. The highest BCUT2D eigenvalue weighted by molar-refractivity contribution is 5.80. The minimum atomic E-state index is 0.171. The zero-order chi connectivity index (χ0) is 18.9. The first kappa shape index (κ1) is 20.0. The number of nitrogens with zero attached hydrogens (tertiary/aromatic N) is 1. The average molecular weight is 376 g/mol. The van der Waals surface area contributed by atoms with Crippen molar-refractivity contribution in [2.45, 2.75) is 51.8 Å². The van der Waals surface area contributed by atoms with Crippen LogP contribution in [0.2, 0.25) is 0 Å². The molecule has 1 aromatic rings. The van der Waals surface area contributed by atoms with E-state index in [1.165, 1.54) is 12.8 Å². The number of benzene rings is 1. The average Bonchev–Trinajstić information content (AvgIpc) is 3.36. The van der Waals surface area contributed by atoms with Crippen LogP contribution >= 0.6 is 0 Å². The highest BCUT2D eigenvalue weighted by Gasteiger charge is 2.22. The Labute approximate surface area is 162 Å². The maximum atomic E-state index is 5.99. The predicted octanol–water partition coefficient (Wildman–Crippen LogP) is 2.72. The van der Waals surface area contributed by atoms with Crippen LogP contribution in [0.3, 0.4) is 0 Å². The van der Waals surface area contributed by atoms with Crippen molar-refractivity contribution in [2.24, 2.45) is 10.9 Å². The van der Waals surface area contributed by atoms with Crippen LogP contribution in [0.4, 0.5) is 0 Å². The molecule has 1 aliphatic carbocycles. The van der Waals surface area contributed by atoms with Crippen molar-refractivity contribution in [1.29, 1.82) is 0 Å². The summed E-state index contributed by atoms with van der Waals surface area (Å²) in [6.45, 7) is 8.54. The van der Waals surface area contributed by atoms with Gasteiger partial charge in [-0.05, 0) is 45.1 Å². The summed E-state index contributed by atoms with van der Waals surface area (Å²) in [5, 5.41) is 6.73. The first-order chi connectivity index (χ1) is 13.2. The molecule has 0 aromatic heterocycles. The topological polar surface area (TPSA) is 64.1 Å². The van der Waals surface area contributed by atoms with Gasteiger partial charge in [0.1, 0.15) is 5.75 Å². The number of nitrogens with one attached hydrogen (secondary N) is 2. The number of hydrogen-bond acceptors (Lipinski definition) is 4. The van der Waals surface area contributed by atoms with Crippen molar-refractivity contribution < 1.29 is 14.2 Å². The highest BCUT2D eigenvalue weighted by Crippen LogP contribution is 2.30. The van der Waals surface area contributed by atoms with Crippen molar-refractivity contribution in [1.82, 2.24) is 10.6 Å². The summed E-state index contributed by atoms with van der Waals surface area (Å²) in [5.41, 5.74) is 1.11. The highest BCUT2D eigenvalue weighted by atomic mass is 16.5. The summed E-state index contributed by atoms with van der Waals surface area (Å²) in [5.74, 6) is 2.49. The summed E-state index contributed by atoms with van der Waals surface area (Å²) in [4.78, 5) is 4.74. The molecule has 150 valence electrons. The Hall–Kier alpha value is -1.79. The Kier molecular flexibility index (Phi) is 7.78. The molecule has 2 N–H and O–H groups in total. The van der Waals surface area contributed by atoms with E-state index in [0.29, 0.717) is 19.8 Å². The summed E-state index contributed by atoms with van der Waals surface area (Å²) in [6, 6.07) is 8.35. The minimum Gasteiger partial charge on any atom is -0.493 e. The summed E-state index contributed by atoms with van der Waals surface area (Å²) in [7, 11) is 0. The van der Waals surface area contributed by atoms with Gasteiger partial charge in [0.2, 0.25) is 0 Å². The molecular formula is C21H33N3O3. The molecule has 0 radical (unpaired) electrons. The summed E-state index contributed by atoms with van der Waals surface area (Å²) >= 11 is 0. The molecule has 2 atom stereocenters. The van der Waals surface area contributed by atoms with Crippen LogP contribution in [0, 0.1) is 5.92 Å². The molecule has 6 heteroatoms. The first-order valence-corrected chi connectivity index (χ1v) is 10.2. The third-order valence-corrected chi connectivity index (χ3v) is 4.75. The fourth-order valence-electron chi connectivity index (χ4n) is 2.95. The van der Waals surface area contributed by atoms with Gasteiger partial charge in [-0.3, -0.25) is 0 Å². The Morgan fingerprint density at radius 1 is 1.30 bits per heavy atom. The van der Waals surface area contributed by atoms with E-state index in [2.05, 4.69) is 30.5 Å². The van der Waals surface area contributed by atoms with Gasteiger partial charge in [-0.1, -0.05) is 18.2 Å². The number of rotatable bonds is 10. The molecule has 1 heterocycles. The monoisotopic (exact) mass is 375 g/mol. The van der Waals surface area contributed by atoms with Crippen LogP contribution in [0.15, 0.2) is 29.3 Å². The molecular weight excluding hydrogens is 342 g/mol. The summed E-state index contributed by atoms with van der Waals surface area (Å²) < 4.78 is 17.2. The van der Waals surface area contributed by atoms with Gasteiger partial charge in [0.05, 0.1) is 32.5 Å². The first-order valence-electron chi connectivity index (χ1n) is 10.2. The van der Waals surface area contributed by atoms with E-state index in [9.17, 15) is 0 Å². The predicted molar refractivity (Wildman–Crippen MR) is 107 cm³/mol. The van der Waals surface area contributed by atoms with E-state index in [4.69, 9.17) is 19.2 Å². The van der Waals surface area contributed by atoms with E-state index in [0.717, 1.165) is 49.4 Å². The van der Waals surface area contributed by atoms with Crippen LogP contribution in [0.25, 0.3) is 0 Å². The molecule has 27 heavy (non-hydrogen) atoms. The number of guanidine groups is 1. The lowest BCUT2D eigenvalue weighted by Crippen LogP contribution is -2.44. The second-order valence-corrected chi connectivity index (χ2v) is 7.42. The van der Waals surface area contributed by atoms with E-state index >= 15 is 0 Å². The van der Waals surface area contributed by atoms with Gasteiger partial charge in [-0.25, -0.2) is 4.99 Å². The Balaban J connectivity index is 1.51. The van der Waals surface area contributed by atoms with Crippen molar-refractivity contribution >= 4 is 5.96 Å². The van der Waals surface area contributed by atoms with Gasteiger partial charge in [-0.2, -0.15) is 0 Å². The lowest BCUT2D eigenvalue weighted by atomic mass is 10.2. The molecule has 2 fully saturated rings. The molecule has 1 aliphatic heterocycles. The van der Waals surface area contributed by atoms with Crippen molar-refractivity contribution in [3.8, 4) is 5.75 Å². The fourth-order valence-corrected chi connectivity index (χ4v) is 2.95. The smallest absolute Gasteiger partial charge is 0.191 e. The van der Waals surface area contributed by atoms with Crippen LogP contribution in [0.1, 0.15) is 38.7 Å². The standard InChI is InChI=1S/C21H33N3O3/c1-3-22-21(24-16(2)13-26-19-10-11-25-15-19)23-12-18-6-4-5-7-20(18)27-14-17-8-9-17/h4-7,16-17,19H,3,8-15H2,1-2H3,(H2,22,23,24). The number of ether oxygens (including phenoxy) is 3. The van der Waals surface area contributed by atoms with E-state index in [1.54, 1.807) is 0 Å². The van der Waals surface area contributed by atoms with E-state index < -0.39 is 0 Å². The SMILES string of the molecule is CCNC(=NCc1ccccc1OCC1CC1)NC(C)COC1CCOC1. The van der Waals surface area contributed by atoms with Gasteiger partial charge in [0.25, 0.3) is 0 Å². The molecule has 6 nitrogen and oxygen atoms in total. The molecule has 0 amide bonds. The zero-order valence-electron chi connectivity index (χ0n) is 16.6. The molecule has 0 bridgehead atoms. The maximum absolute atomic E-state index is 5.99. The van der Waals surface area contributed by atoms with Crippen LogP contribution in [-0.2, 0) is 16.0 Å². The molecule has 1 saturated carbocycles. The Morgan fingerprint density at radius 3 is 2.89 bits per heavy atom. The van der Waals surface area contributed by atoms with Crippen LogP contribution < -0.4 is 15.4 Å². The third kappa shape index (κ3) is 7.03. The lowest BCUT2D eigenvalue weighted by molar-refractivity contribution is 0.0347. The molecule has 1 saturated heterocycles. The van der Waals surface area contributed by atoms with Gasteiger partial charge >= 0.3 is 0 Å². The lowest BCUT2D eigenvalue weighted by Gasteiger charge is -2.20. The van der Waals surface area contributed by atoms with Crippen molar-refractivity contribution in [3.05, 3.63) is 29.8 Å². The van der Waals surface area contributed by atoms with E-state index in [-0.39, 0.29) is 12.1 Å². The molecule has 0 spiro atoms. The number of hydrogen-bond donors (Lipinski definition) is 2. The van der Waals surface area contributed by atoms with E-state index in [1.807, 2.05) is 18.2 Å². The van der Waals surface area contributed by atoms with Crippen LogP contribution in [0.5, 0.6) is 5.75 Å². The van der Waals surface area contributed by atoms with Gasteiger partial charge in [0.15, 0.2) is 5.96 Å². The van der Waals surface area contributed by atoms with Crippen molar-refractivity contribution in [2.75, 3.05) is 33.0 Å². The molecule has 3 rings (SSSR count). The number of para-hydroxylation sites is 1. The van der Waals surface area contributed by atoms with Gasteiger partial charge in [0, 0.05) is 24.8 Å². The maximum Gasteiger partial charge on any atom is 0.191 e.